The van der Waals surface area contributed by atoms with Crippen LogP contribution in [0.5, 0.6) is 0 Å². The Morgan fingerprint density at radius 1 is 1.00 bits per heavy atom. The summed E-state index contributed by atoms with van der Waals surface area (Å²) in [4.78, 5) is 23.6. The number of rotatable bonds is 5. The van der Waals surface area contributed by atoms with Crippen LogP contribution in [0.2, 0.25) is 0 Å². The van der Waals surface area contributed by atoms with Crippen molar-refractivity contribution >= 4 is 49.3 Å². The van der Waals surface area contributed by atoms with E-state index in [1.807, 2.05) is 0 Å². The van der Waals surface area contributed by atoms with Gasteiger partial charge in [-0.1, -0.05) is 0 Å². The summed E-state index contributed by atoms with van der Waals surface area (Å²) < 4.78 is 30.6. The minimum atomic E-state index is -3.70. The molecule has 0 saturated carbocycles. The molecule has 2 rings (SSSR count). The van der Waals surface area contributed by atoms with E-state index in [0.717, 1.165) is 4.31 Å². The molecule has 0 saturated heterocycles. The predicted molar refractivity (Wildman–Crippen MR) is 105 cm³/mol. The number of sulfonamides is 1. The second-order valence-corrected chi connectivity index (χ2v) is 8.56. The number of methoxy groups -OCH3 is 1. The lowest BCUT2D eigenvalue weighted by Gasteiger charge is -2.14. The number of anilines is 2. The van der Waals surface area contributed by atoms with Gasteiger partial charge in [-0.3, -0.25) is 10.1 Å². The van der Waals surface area contributed by atoms with Crippen LogP contribution in [-0.2, 0) is 14.8 Å². The molecule has 0 spiro atoms. The summed E-state index contributed by atoms with van der Waals surface area (Å²) in [5.41, 5.74) is 1.17. The minimum absolute atomic E-state index is 0.00206. The van der Waals surface area contributed by atoms with Crippen molar-refractivity contribution in [1.29, 1.82) is 0 Å². The fraction of sp³-hybridized carbons (Fsp3) is 0.176. The van der Waals surface area contributed by atoms with Gasteiger partial charge in [0.25, 0.3) is 5.91 Å². The van der Waals surface area contributed by atoms with Crippen LogP contribution < -0.4 is 10.6 Å². The Balaban J connectivity index is 2.20. The maximum absolute atomic E-state index is 12.5. The largest absolute Gasteiger partial charge is 0.453 e. The number of benzene rings is 2. The van der Waals surface area contributed by atoms with Crippen LogP contribution in [0.3, 0.4) is 0 Å². The number of halogens is 1. The van der Waals surface area contributed by atoms with Gasteiger partial charge in [0.1, 0.15) is 0 Å². The summed E-state index contributed by atoms with van der Waals surface area (Å²) in [6.07, 6.45) is -0.601. The Kier molecular flexibility index (Phi) is 6.58. The quantitative estimate of drug-likeness (QED) is 0.720. The average molecular weight is 456 g/mol. The summed E-state index contributed by atoms with van der Waals surface area (Å²) in [5, 5.41) is 5.17. The molecule has 10 heteroatoms. The molecule has 0 aliphatic heterocycles. The highest BCUT2D eigenvalue weighted by Crippen LogP contribution is 2.26. The molecule has 0 radical (unpaired) electrons. The Labute approximate surface area is 165 Å². The maximum Gasteiger partial charge on any atom is 0.411 e. The van der Waals surface area contributed by atoms with E-state index in [2.05, 4.69) is 31.3 Å². The van der Waals surface area contributed by atoms with Crippen molar-refractivity contribution in [2.24, 2.45) is 0 Å². The van der Waals surface area contributed by atoms with E-state index in [-0.39, 0.29) is 10.5 Å². The first kappa shape index (κ1) is 20.9. The number of hydrogen-bond donors (Lipinski definition) is 2. The van der Waals surface area contributed by atoms with Gasteiger partial charge in [0, 0.05) is 35.5 Å². The van der Waals surface area contributed by atoms with Crippen molar-refractivity contribution in [1.82, 2.24) is 4.31 Å². The topological polar surface area (TPSA) is 105 Å². The molecule has 8 nitrogen and oxygen atoms in total. The van der Waals surface area contributed by atoms with Gasteiger partial charge in [0.2, 0.25) is 10.0 Å². The number of carbonyl (C=O) groups is 2. The lowest BCUT2D eigenvalue weighted by Crippen LogP contribution is -2.23. The molecule has 2 N–H and O–H groups in total. The number of amides is 2. The molecule has 0 unspecified atom stereocenters. The zero-order valence-electron chi connectivity index (χ0n) is 14.8. The predicted octanol–water partition coefficient (Wildman–Crippen LogP) is 3.13. The van der Waals surface area contributed by atoms with Crippen molar-refractivity contribution in [3.8, 4) is 0 Å². The fourth-order valence-electron chi connectivity index (χ4n) is 2.05. The first-order chi connectivity index (χ1) is 12.6. The van der Waals surface area contributed by atoms with Crippen LogP contribution in [0.15, 0.2) is 51.8 Å². The Morgan fingerprint density at radius 3 is 2.07 bits per heavy atom. The van der Waals surface area contributed by atoms with E-state index in [0.29, 0.717) is 15.8 Å². The van der Waals surface area contributed by atoms with Gasteiger partial charge in [-0.25, -0.2) is 17.5 Å². The number of ether oxygens (including phenoxy) is 1. The second kappa shape index (κ2) is 8.51. The summed E-state index contributed by atoms with van der Waals surface area (Å²) in [6.45, 7) is 0. The normalized spacial score (nSPS) is 11.1. The third-order valence-corrected chi connectivity index (χ3v) is 6.34. The molecule has 2 amide bonds. The van der Waals surface area contributed by atoms with Crippen LogP contribution in [0, 0.1) is 0 Å². The molecule has 0 fully saturated rings. The maximum atomic E-state index is 12.5. The van der Waals surface area contributed by atoms with Crippen molar-refractivity contribution in [3.05, 3.63) is 52.5 Å². The molecule has 0 aliphatic carbocycles. The highest BCUT2D eigenvalue weighted by molar-refractivity contribution is 9.10. The molecule has 27 heavy (non-hydrogen) atoms. The van der Waals surface area contributed by atoms with E-state index >= 15 is 0 Å². The van der Waals surface area contributed by atoms with Crippen LogP contribution in [0.4, 0.5) is 16.2 Å². The summed E-state index contributed by atoms with van der Waals surface area (Å²) in [7, 11) is 0.385. The lowest BCUT2D eigenvalue weighted by atomic mass is 10.2. The monoisotopic (exact) mass is 455 g/mol. The highest BCUT2D eigenvalue weighted by atomic mass is 79.9. The van der Waals surface area contributed by atoms with E-state index in [4.69, 9.17) is 0 Å². The summed E-state index contributed by atoms with van der Waals surface area (Å²) in [5.74, 6) is -0.466. The number of nitrogens with zero attached hydrogens (tertiary/aromatic N) is 1. The van der Waals surface area contributed by atoms with Crippen LogP contribution in [0.25, 0.3) is 0 Å². The van der Waals surface area contributed by atoms with Gasteiger partial charge >= 0.3 is 6.09 Å². The zero-order chi connectivity index (χ0) is 20.2. The SMILES string of the molecule is COC(=O)Nc1ccc(NC(=O)c2ccc(Br)c(S(=O)(=O)N(C)C)c2)cc1. The first-order valence-corrected chi connectivity index (χ1v) is 9.87. The van der Waals surface area contributed by atoms with Crippen LogP contribution in [-0.4, -0.2) is 45.9 Å². The smallest absolute Gasteiger partial charge is 0.411 e. The van der Waals surface area contributed by atoms with Gasteiger partial charge in [-0.2, -0.15) is 0 Å². The van der Waals surface area contributed by atoms with E-state index in [1.165, 1.54) is 39.4 Å². The third-order valence-electron chi connectivity index (χ3n) is 3.53. The van der Waals surface area contributed by atoms with Crippen LogP contribution in [0.1, 0.15) is 10.4 Å². The lowest BCUT2D eigenvalue weighted by molar-refractivity contribution is 0.102. The Bertz CT molecular complexity index is 959. The van der Waals surface area contributed by atoms with Gasteiger partial charge < -0.3 is 10.1 Å². The highest BCUT2D eigenvalue weighted by Gasteiger charge is 2.22. The van der Waals surface area contributed by atoms with E-state index < -0.39 is 22.0 Å². The number of hydrogen-bond acceptors (Lipinski definition) is 5. The van der Waals surface area contributed by atoms with E-state index in [9.17, 15) is 18.0 Å². The molecule has 0 aliphatic rings. The van der Waals surface area contributed by atoms with Crippen molar-refractivity contribution in [3.63, 3.8) is 0 Å². The molecule has 0 bridgehead atoms. The molecular formula is C17H18BrN3O5S. The molecule has 2 aromatic carbocycles. The fourth-order valence-corrected chi connectivity index (χ4v) is 3.89. The summed E-state index contributed by atoms with van der Waals surface area (Å²) >= 11 is 3.20. The van der Waals surface area contributed by atoms with Crippen molar-refractivity contribution in [2.45, 2.75) is 4.90 Å². The molecule has 0 atom stereocenters. The molecular weight excluding hydrogens is 438 g/mol. The average Bonchev–Trinajstić information content (AvgIpc) is 2.63. The molecule has 2 aromatic rings. The van der Waals surface area contributed by atoms with Gasteiger partial charge in [0.05, 0.1) is 12.0 Å². The Morgan fingerprint density at radius 2 is 1.56 bits per heavy atom. The molecule has 0 aromatic heterocycles. The van der Waals surface area contributed by atoms with Crippen molar-refractivity contribution < 1.29 is 22.7 Å². The number of nitrogens with one attached hydrogen (secondary N) is 2. The van der Waals surface area contributed by atoms with E-state index in [1.54, 1.807) is 24.3 Å². The van der Waals surface area contributed by atoms with Gasteiger partial charge in [0.15, 0.2) is 0 Å². The standard InChI is InChI=1S/C17H18BrN3O5S/c1-21(2)27(24,25)15-10-11(4-9-14(15)18)16(22)19-12-5-7-13(8-6-12)20-17(23)26-3/h4-10H,1-3H3,(H,19,22)(H,20,23). The van der Waals surface area contributed by atoms with Gasteiger partial charge in [-0.15, -0.1) is 0 Å². The van der Waals surface area contributed by atoms with Gasteiger partial charge in [-0.05, 0) is 58.4 Å². The second-order valence-electron chi connectivity index (χ2n) is 5.58. The third kappa shape index (κ3) is 5.06. The minimum Gasteiger partial charge on any atom is -0.453 e. The summed E-state index contributed by atoms with van der Waals surface area (Å²) in [6, 6.07) is 10.7. The van der Waals surface area contributed by atoms with Crippen LogP contribution >= 0.6 is 15.9 Å². The molecule has 0 heterocycles. The zero-order valence-corrected chi connectivity index (χ0v) is 17.2. The first-order valence-electron chi connectivity index (χ1n) is 7.63. The molecule has 144 valence electrons. The Hall–Kier alpha value is -2.43. The number of carbonyl (C=O) groups excluding carboxylic acids is 2. The van der Waals surface area contributed by atoms with Crippen molar-refractivity contribution in [2.75, 3.05) is 31.8 Å².